The quantitative estimate of drug-likeness (QED) is 0.646. The smallest absolute Gasteiger partial charge is 0.251 e. The Morgan fingerprint density at radius 3 is 2.84 bits per heavy atom. The van der Waals surface area contributed by atoms with E-state index in [-0.39, 0.29) is 5.56 Å². The average Bonchev–Trinajstić information content (AvgIpc) is 3.04. The number of anilines is 1. The summed E-state index contributed by atoms with van der Waals surface area (Å²) in [4.78, 5) is 23.3. The number of nitrogens with zero attached hydrogens (tertiary/aromatic N) is 4. The van der Waals surface area contributed by atoms with Gasteiger partial charge in [0.15, 0.2) is 0 Å². The Morgan fingerprint density at radius 2 is 2.16 bits per heavy atom. The van der Waals surface area contributed by atoms with Gasteiger partial charge in [0.25, 0.3) is 5.56 Å². The van der Waals surface area contributed by atoms with Crippen LogP contribution in [0.25, 0.3) is 11.4 Å². The van der Waals surface area contributed by atoms with Crippen molar-refractivity contribution in [2.75, 3.05) is 11.9 Å². The minimum atomic E-state index is -0.141. The molecule has 0 saturated heterocycles. The van der Waals surface area contributed by atoms with E-state index in [1.165, 1.54) is 11.6 Å². The number of nitrogens with one attached hydrogen (secondary N) is 2. The molecule has 0 fully saturated rings. The maximum Gasteiger partial charge on any atom is 0.251 e. The summed E-state index contributed by atoms with van der Waals surface area (Å²) in [5.74, 6) is 1.35. The van der Waals surface area contributed by atoms with Crippen molar-refractivity contribution in [3.05, 3.63) is 58.4 Å². The first-order valence-corrected chi connectivity index (χ1v) is 8.43. The van der Waals surface area contributed by atoms with Gasteiger partial charge in [0.1, 0.15) is 11.6 Å². The van der Waals surface area contributed by atoms with Crippen LogP contribution in [0.3, 0.4) is 0 Å². The molecule has 3 aromatic rings. The molecule has 130 valence electrons. The van der Waals surface area contributed by atoms with E-state index in [0.717, 1.165) is 43.0 Å². The zero-order valence-electron chi connectivity index (χ0n) is 14.5. The van der Waals surface area contributed by atoms with Crippen molar-refractivity contribution in [3.8, 4) is 11.4 Å². The van der Waals surface area contributed by atoms with Crippen molar-refractivity contribution in [1.82, 2.24) is 24.7 Å². The highest BCUT2D eigenvalue weighted by atomic mass is 16.1. The molecule has 0 aliphatic carbocycles. The predicted octanol–water partition coefficient (Wildman–Crippen LogP) is 2.40. The van der Waals surface area contributed by atoms with Gasteiger partial charge in [-0.15, -0.1) is 0 Å². The zero-order chi connectivity index (χ0) is 17.6. The predicted molar refractivity (Wildman–Crippen MR) is 97.5 cm³/mol. The number of hydrogen-bond acceptors (Lipinski definition) is 5. The van der Waals surface area contributed by atoms with Crippen LogP contribution < -0.4 is 10.9 Å². The molecule has 0 radical (unpaired) electrons. The highest BCUT2D eigenvalue weighted by Gasteiger charge is 2.04. The van der Waals surface area contributed by atoms with E-state index in [1.54, 1.807) is 6.20 Å². The number of aromatic nitrogens is 5. The highest BCUT2D eigenvalue weighted by Crippen LogP contribution is 2.14. The molecule has 7 nitrogen and oxygen atoms in total. The number of hydrogen-bond donors (Lipinski definition) is 2. The Bertz CT molecular complexity index is 881. The summed E-state index contributed by atoms with van der Waals surface area (Å²) < 4.78 is 1.94. The Balaban J connectivity index is 1.57. The van der Waals surface area contributed by atoms with Crippen molar-refractivity contribution in [3.63, 3.8) is 0 Å². The topological polar surface area (TPSA) is 88.5 Å². The third-order valence-corrected chi connectivity index (χ3v) is 3.83. The van der Waals surface area contributed by atoms with Gasteiger partial charge in [0.2, 0.25) is 0 Å². The second-order valence-corrected chi connectivity index (χ2v) is 5.93. The fourth-order valence-corrected chi connectivity index (χ4v) is 2.51. The molecule has 7 heteroatoms. The van der Waals surface area contributed by atoms with Crippen molar-refractivity contribution in [2.45, 2.75) is 33.2 Å². The molecular formula is C18H22N6O. The average molecular weight is 338 g/mol. The Labute approximate surface area is 146 Å². The molecule has 3 aromatic heterocycles. The highest BCUT2D eigenvalue weighted by molar-refractivity contribution is 5.55. The monoisotopic (exact) mass is 338 g/mol. The molecule has 0 aromatic carbocycles. The van der Waals surface area contributed by atoms with Crippen molar-refractivity contribution < 1.29 is 0 Å². The lowest BCUT2D eigenvalue weighted by molar-refractivity contribution is 0.591. The summed E-state index contributed by atoms with van der Waals surface area (Å²) in [6, 6.07) is 5.32. The molecule has 0 saturated carbocycles. The van der Waals surface area contributed by atoms with Gasteiger partial charge in [0, 0.05) is 42.8 Å². The Morgan fingerprint density at radius 1 is 1.28 bits per heavy atom. The summed E-state index contributed by atoms with van der Waals surface area (Å²) >= 11 is 0. The lowest BCUT2D eigenvalue weighted by Crippen LogP contribution is -2.10. The maximum atomic E-state index is 11.7. The number of aromatic amines is 1. The summed E-state index contributed by atoms with van der Waals surface area (Å²) in [7, 11) is 0. The van der Waals surface area contributed by atoms with Crippen LogP contribution in [0, 0.1) is 6.92 Å². The Hall–Kier alpha value is -2.96. The third kappa shape index (κ3) is 4.53. The summed E-state index contributed by atoms with van der Waals surface area (Å²) in [5, 5.41) is 7.55. The summed E-state index contributed by atoms with van der Waals surface area (Å²) in [6.45, 7) is 5.69. The van der Waals surface area contributed by atoms with E-state index in [1.807, 2.05) is 43.1 Å². The largest absolute Gasteiger partial charge is 0.370 e. The van der Waals surface area contributed by atoms with Crippen LogP contribution in [-0.2, 0) is 13.0 Å². The number of aryl methyl sites for hydroxylation is 3. The molecule has 25 heavy (non-hydrogen) atoms. The van der Waals surface area contributed by atoms with Gasteiger partial charge < -0.3 is 10.3 Å². The van der Waals surface area contributed by atoms with Crippen LogP contribution in [-0.4, -0.2) is 31.3 Å². The van der Waals surface area contributed by atoms with Gasteiger partial charge in [-0.25, -0.2) is 9.97 Å². The SMILES string of the molecule is CCc1cc(=O)[nH]c(-c2ccc(NCCCn3cc(C)cn3)nc2)n1. The molecule has 0 aliphatic heterocycles. The molecule has 3 rings (SSSR count). The summed E-state index contributed by atoms with van der Waals surface area (Å²) in [5.41, 5.74) is 2.60. The summed E-state index contributed by atoms with van der Waals surface area (Å²) in [6.07, 6.45) is 7.29. The molecule has 0 aliphatic rings. The van der Waals surface area contributed by atoms with E-state index in [4.69, 9.17) is 0 Å². The van der Waals surface area contributed by atoms with E-state index < -0.39 is 0 Å². The normalized spacial score (nSPS) is 10.8. The van der Waals surface area contributed by atoms with Crippen LogP contribution in [0.5, 0.6) is 0 Å². The van der Waals surface area contributed by atoms with Gasteiger partial charge in [-0.3, -0.25) is 9.48 Å². The fourth-order valence-electron chi connectivity index (χ4n) is 2.51. The van der Waals surface area contributed by atoms with Crippen LogP contribution in [0.15, 0.2) is 41.6 Å². The minimum Gasteiger partial charge on any atom is -0.370 e. The molecule has 0 unspecified atom stereocenters. The lowest BCUT2D eigenvalue weighted by Gasteiger charge is -2.07. The maximum absolute atomic E-state index is 11.7. The van der Waals surface area contributed by atoms with Gasteiger partial charge in [-0.05, 0) is 37.5 Å². The zero-order valence-corrected chi connectivity index (χ0v) is 14.5. The minimum absolute atomic E-state index is 0.141. The number of rotatable bonds is 7. The number of pyridine rings is 1. The first-order valence-electron chi connectivity index (χ1n) is 8.43. The molecule has 0 spiro atoms. The van der Waals surface area contributed by atoms with Gasteiger partial charge >= 0.3 is 0 Å². The first-order chi connectivity index (χ1) is 12.1. The van der Waals surface area contributed by atoms with E-state index >= 15 is 0 Å². The molecular weight excluding hydrogens is 316 g/mol. The molecule has 0 atom stereocenters. The van der Waals surface area contributed by atoms with Crippen LogP contribution >= 0.6 is 0 Å². The van der Waals surface area contributed by atoms with Crippen molar-refractivity contribution >= 4 is 5.82 Å². The van der Waals surface area contributed by atoms with Crippen molar-refractivity contribution in [2.24, 2.45) is 0 Å². The van der Waals surface area contributed by atoms with Crippen LogP contribution in [0.1, 0.15) is 24.6 Å². The second kappa shape index (κ2) is 7.74. The van der Waals surface area contributed by atoms with E-state index in [0.29, 0.717) is 5.82 Å². The Kier molecular flexibility index (Phi) is 5.23. The molecule has 0 bridgehead atoms. The second-order valence-electron chi connectivity index (χ2n) is 5.93. The van der Waals surface area contributed by atoms with Crippen molar-refractivity contribution in [1.29, 1.82) is 0 Å². The number of H-pyrrole nitrogens is 1. The van der Waals surface area contributed by atoms with Crippen LogP contribution in [0.2, 0.25) is 0 Å². The van der Waals surface area contributed by atoms with Gasteiger partial charge in [0.05, 0.1) is 6.20 Å². The lowest BCUT2D eigenvalue weighted by atomic mass is 10.2. The van der Waals surface area contributed by atoms with E-state index in [2.05, 4.69) is 25.4 Å². The third-order valence-electron chi connectivity index (χ3n) is 3.83. The van der Waals surface area contributed by atoms with Crippen LogP contribution in [0.4, 0.5) is 5.82 Å². The molecule has 2 N–H and O–H groups in total. The first kappa shape index (κ1) is 16.9. The fraction of sp³-hybridized carbons (Fsp3) is 0.333. The standard InChI is InChI=1S/C18H22N6O/c1-3-15-9-17(25)23-18(22-15)14-5-6-16(20-11-14)19-7-4-8-24-12-13(2)10-21-24/h5-6,9-12H,3-4,7-8H2,1-2H3,(H,19,20)(H,22,23,25). The van der Waals surface area contributed by atoms with Gasteiger partial charge in [-0.1, -0.05) is 6.92 Å². The van der Waals surface area contributed by atoms with Gasteiger partial charge in [-0.2, -0.15) is 5.10 Å². The molecule has 3 heterocycles. The van der Waals surface area contributed by atoms with E-state index in [9.17, 15) is 4.79 Å². The molecule has 0 amide bonds.